The summed E-state index contributed by atoms with van der Waals surface area (Å²) in [6, 6.07) is 5.42. The zero-order chi connectivity index (χ0) is 12.4. The number of hydrogen-bond donors (Lipinski definition) is 3. The van der Waals surface area contributed by atoms with Gasteiger partial charge in [-0.05, 0) is 36.6 Å². The minimum atomic E-state index is -0.444. The summed E-state index contributed by atoms with van der Waals surface area (Å²) in [5.74, 6) is -0.142. The van der Waals surface area contributed by atoms with Crippen LogP contribution in [0.5, 0.6) is 0 Å². The molecular weight excluding hydrogens is 218 g/mol. The van der Waals surface area contributed by atoms with Gasteiger partial charge in [-0.3, -0.25) is 4.98 Å². The van der Waals surface area contributed by atoms with E-state index in [1.54, 1.807) is 6.07 Å². The molecule has 2 atom stereocenters. The van der Waals surface area contributed by atoms with E-state index in [0.717, 1.165) is 12.0 Å². The van der Waals surface area contributed by atoms with Gasteiger partial charge in [0.15, 0.2) is 5.58 Å². The van der Waals surface area contributed by atoms with Gasteiger partial charge in [-0.15, -0.1) is 0 Å². The molecule has 0 saturated heterocycles. The molecule has 0 aliphatic carbocycles. The van der Waals surface area contributed by atoms with E-state index in [0.29, 0.717) is 23.6 Å². The lowest BCUT2D eigenvalue weighted by Gasteiger charge is -2.19. The lowest BCUT2D eigenvalue weighted by atomic mass is 9.92. The number of rotatable bonds is 4. The van der Waals surface area contributed by atoms with E-state index in [4.69, 9.17) is 15.9 Å². The highest BCUT2D eigenvalue weighted by Gasteiger charge is 2.15. The average Bonchev–Trinajstić information content (AvgIpc) is 2.67. The Morgan fingerprint density at radius 1 is 1.47 bits per heavy atom. The quantitative estimate of drug-likeness (QED) is 0.739. The second-order valence-corrected chi connectivity index (χ2v) is 4.35. The average molecular weight is 235 g/mol. The fourth-order valence-electron chi connectivity index (χ4n) is 1.95. The predicted molar refractivity (Wildman–Crippen MR) is 66.6 cm³/mol. The molecular formula is C12H17N3O2. The van der Waals surface area contributed by atoms with Crippen LogP contribution in [0.3, 0.4) is 0 Å². The molecule has 1 aromatic heterocycles. The molecule has 92 valence electrons. The Bertz CT molecular complexity index is 558. The first-order valence-electron chi connectivity index (χ1n) is 5.70. The van der Waals surface area contributed by atoms with Gasteiger partial charge < -0.3 is 15.9 Å². The molecule has 5 nitrogen and oxygen atoms in total. The molecule has 5 N–H and O–H groups in total. The van der Waals surface area contributed by atoms with Crippen LogP contribution in [-0.2, 0) is 0 Å². The number of aromatic amines is 1. The maximum atomic E-state index is 11.0. The van der Waals surface area contributed by atoms with E-state index in [1.807, 2.05) is 12.1 Å². The van der Waals surface area contributed by atoms with Gasteiger partial charge >= 0.3 is 5.76 Å². The summed E-state index contributed by atoms with van der Waals surface area (Å²) >= 11 is 0. The molecule has 0 spiro atoms. The van der Waals surface area contributed by atoms with Crippen molar-refractivity contribution in [3.05, 3.63) is 34.3 Å². The van der Waals surface area contributed by atoms with Crippen molar-refractivity contribution in [2.45, 2.75) is 19.4 Å². The van der Waals surface area contributed by atoms with Gasteiger partial charge in [0.05, 0.1) is 5.52 Å². The summed E-state index contributed by atoms with van der Waals surface area (Å²) < 4.78 is 4.94. The third-order valence-electron chi connectivity index (χ3n) is 3.06. The molecule has 0 saturated carbocycles. The highest BCUT2D eigenvalue weighted by molar-refractivity contribution is 5.72. The Balaban J connectivity index is 2.32. The largest absolute Gasteiger partial charge is 0.417 e. The van der Waals surface area contributed by atoms with Gasteiger partial charge in [0.25, 0.3) is 0 Å². The summed E-state index contributed by atoms with van der Waals surface area (Å²) in [5, 5.41) is 0. The number of hydrogen-bond acceptors (Lipinski definition) is 4. The molecule has 0 amide bonds. The van der Waals surface area contributed by atoms with E-state index in [2.05, 4.69) is 11.9 Å². The van der Waals surface area contributed by atoms with Crippen LogP contribution in [0.15, 0.2) is 27.4 Å². The SMILES string of the molecule is CC(CCN)C(N)c1ccc2oc(=O)[nH]c2c1. The Kier molecular flexibility index (Phi) is 3.31. The summed E-state index contributed by atoms with van der Waals surface area (Å²) in [7, 11) is 0. The molecule has 5 heteroatoms. The van der Waals surface area contributed by atoms with Crippen molar-refractivity contribution in [1.29, 1.82) is 0 Å². The Labute approximate surface area is 98.8 Å². The normalized spacial score (nSPS) is 15.0. The van der Waals surface area contributed by atoms with Crippen LogP contribution in [-0.4, -0.2) is 11.5 Å². The van der Waals surface area contributed by atoms with Gasteiger partial charge in [0, 0.05) is 6.04 Å². The van der Waals surface area contributed by atoms with Crippen LogP contribution in [0.4, 0.5) is 0 Å². The monoisotopic (exact) mass is 235 g/mol. The lowest BCUT2D eigenvalue weighted by molar-refractivity contribution is 0.444. The topological polar surface area (TPSA) is 98.0 Å². The standard InChI is InChI=1S/C12H17N3O2/c1-7(4-5-13)11(14)8-2-3-10-9(6-8)15-12(16)17-10/h2-3,6-7,11H,4-5,13-14H2,1H3,(H,15,16). The molecule has 2 aromatic rings. The number of benzene rings is 1. The van der Waals surface area contributed by atoms with E-state index in [1.165, 1.54) is 0 Å². The Morgan fingerprint density at radius 2 is 2.24 bits per heavy atom. The third kappa shape index (κ3) is 2.40. The number of nitrogens with two attached hydrogens (primary N) is 2. The van der Waals surface area contributed by atoms with Gasteiger partial charge in [0.2, 0.25) is 0 Å². The van der Waals surface area contributed by atoms with Crippen LogP contribution in [0.2, 0.25) is 0 Å². The highest BCUT2D eigenvalue weighted by Crippen LogP contribution is 2.24. The summed E-state index contributed by atoms with van der Waals surface area (Å²) in [4.78, 5) is 13.7. The Morgan fingerprint density at radius 3 is 2.94 bits per heavy atom. The second kappa shape index (κ2) is 4.73. The first kappa shape index (κ1) is 11.9. The van der Waals surface area contributed by atoms with Crippen LogP contribution in [0.25, 0.3) is 11.1 Å². The van der Waals surface area contributed by atoms with Crippen LogP contribution >= 0.6 is 0 Å². The van der Waals surface area contributed by atoms with E-state index < -0.39 is 5.76 Å². The lowest BCUT2D eigenvalue weighted by Crippen LogP contribution is -2.21. The van der Waals surface area contributed by atoms with E-state index >= 15 is 0 Å². The highest BCUT2D eigenvalue weighted by atomic mass is 16.4. The summed E-state index contributed by atoms with van der Waals surface area (Å²) in [6.07, 6.45) is 0.876. The van der Waals surface area contributed by atoms with Crippen LogP contribution in [0.1, 0.15) is 24.9 Å². The molecule has 0 aliphatic rings. The van der Waals surface area contributed by atoms with Crippen molar-refractivity contribution in [3.8, 4) is 0 Å². The zero-order valence-electron chi connectivity index (χ0n) is 9.77. The van der Waals surface area contributed by atoms with Crippen molar-refractivity contribution >= 4 is 11.1 Å². The van der Waals surface area contributed by atoms with E-state index in [9.17, 15) is 4.79 Å². The van der Waals surface area contributed by atoms with Gasteiger partial charge in [-0.25, -0.2) is 4.79 Å². The first-order valence-corrected chi connectivity index (χ1v) is 5.70. The minimum absolute atomic E-state index is 0.0821. The van der Waals surface area contributed by atoms with Gasteiger partial charge in [0.1, 0.15) is 0 Å². The van der Waals surface area contributed by atoms with Crippen molar-refractivity contribution in [3.63, 3.8) is 0 Å². The van der Waals surface area contributed by atoms with Crippen molar-refractivity contribution in [2.24, 2.45) is 17.4 Å². The second-order valence-electron chi connectivity index (χ2n) is 4.35. The number of oxazole rings is 1. The maximum absolute atomic E-state index is 11.0. The molecule has 17 heavy (non-hydrogen) atoms. The number of H-pyrrole nitrogens is 1. The fraction of sp³-hybridized carbons (Fsp3) is 0.417. The van der Waals surface area contributed by atoms with E-state index in [-0.39, 0.29) is 6.04 Å². The minimum Gasteiger partial charge on any atom is -0.408 e. The maximum Gasteiger partial charge on any atom is 0.417 e. The molecule has 0 aliphatic heterocycles. The number of fused-ring (bicyclic) bond motifs is 1. The fourth-order valence-corrected chi connectivity index (χ4v) is 1.95. The molecule has 0 bridgehead atoms. The van der Waals surface area contributed by atoms with Crippen molar-refractivity contribution < 1.29 is 4.42 Å². The summed E-state index contributed by atoms with van der Waals surface area (Å²) in [5.41, 5.74) is 13.9. The third-order valence-corrected chi connectivity index (χ3v) is 3.06. The van der Waals surface area contributed by atoms with Crippen LogP contribution in [0, 0.1) is 5.92 Å². The van der Waals surface area contributed by atoms with Crippen molar-refractivity contribution in [1.82, 2.24) is 4.98 Å². The van der Waals surface area contributed by atoms with Crippen LogP contribution < -0.4 is 17.2 Å². The molecule has 1 heterocycles. The molecule has 0 fully saturated rings. The Hall–Kier alpha value is -1.59. The molecule has 0 radical (unpaired) electrons. The zero-order valence-corrected chi connectivity index (χ0v) is 9.77. The number of aromatic nitrogens is 1. The molecule has 1 aromatic carbocycles. The smallest absolute Gasteiger partial charge is 0.408 e. The molecule has 2 unspecified atom stereocenters. The molecule has 2 rings (SSSR count). The number of nitrogens with one attached hydrogen (secondary N) is 1. The first-order chi connectivity index (χ1) is 8.11. The summed E-state index contributed by atoms with van der Waals surface area (Å²) in [6.45, 7) is 2.69. The predicted octanol–water partition coefficient (Wildman–Crippen LogP) is 1.11. The van der Waals surface area contributed by atoms with Gasteiger partial charge in [-0.1, -0.05) is 13.0 Å². The van der Waals surface area contributed by atoms with Gasteiger partial charge in [-0.2, -0.15) is 0 Å². The van der Waals surface area contributed by atoms with Crippen molar-refractivity contribution in [2.75, 3.05) is 6.54 Å².